The van der Waals surface area contributed by atoms with Gasteiger partial charge in [-0.25, -0.2) is 0 Å². The van der Waals surface area contributed by atoms with E-state index >= 15 is 0 Å². The van der Waals surface area contributed by atoms with Crippen LogP contribution < -0.4 is 0 Å². The fourth-order valence-electron chi connectivity index (χ4n) is 1.79. The maximum Gasteiger partial charge on any atom is 0.304 e. The lowest BCUT2D eigenvalue weighted by molar-refractivity contribution is -0.137. The minimum absolute atomic E-state index is 0.201. The Balaban J connectivity index is 2.09. The number of H-pyrrole nitrogens is 1. The summed E-state index contributed by atoms with van der Waals surface area (Å²) in [6.07, 6.45) is 4.46. The summed E-state index contributed by atoms with van der Waals surface area (Å²) in [6, 6.07) is 3.90. The number of aromatic nitrogens is 1. The van der Waals surface area contributed by atoms with Crippen molar-refractivity contribution in [2.24, 2.45) is 5.92 Å². The third kappa shape index (κ3) is 1.91. The van der Waals surface area contributed by atoms with Crippen LogP contribution in [0.3, 0.4) is 0 Å². The van der Waals surface area contributed by atoms with Crippen LogP contribution in [-0.2, 0) is 4.79 Å². The van der Waals surface area contributed by atoms with Crippen LogP contribution in [-0.4, -0.2) is 16.1 Å². The predicted molar refractivity (Wildman–Crippen MR) is 48.5 cm³/mol. The molecular formula is C10H13NO2. The number of nitrogens with one attached hydrogen (secondary N) is 1. The number of aliphatic carboxylic acids is 1. The van der Waals surface area contributed by atoms with E-state index in [4.69, 9.17) is 5.11 Å². The smallest absolute Gasteiger partial charge is 0.304 e. The summed E-state index contributed by atoms with van der Waals surface area (Å²) < 4.78 is 0. The van der Waals surface area contributed by atoms with Crippen molar-refractivity contribution in [3.63, 3.8) is 0 Å². The first-order valence-corrected chi connectivity index (χ1v) is 4.62. The molecule has 0 bridgehead atoms. The molecule has 0 amide bonds. The van der Waals surface area contributed by atoms with Crippen molar-refractivity contribution >= 4 is 5.97 Å². The van der Waals surface area contributed by atoms with Crippen LogP contribution in [0.4, 0.5) is 0 Å². The van der Waals surface area contributed by atoms with Gasteiger partial charge in [-0.05, 0) is 30.9 Å². The van der Waals surface area contributed by atoms with Crippen LogP contribution in [0.2, 0.25) is 0 Å². The van der Waals surface area contributed by atoms with Gasteiger partial charge in [0, 0.05) is 17.8 Å². The maximum atomic E-state index is 10.6. The number of rotatable bonds is 4. The third-order valence-corrected chi connectivity index (χ3v) is 2.61. The van der Waals surface area contributed by atoms with Gasteiger partial charge in [0.1, 0.15) is 0 Å². The summed E-state index contributed by atoms with van der Waals surface area (Å²) in [5.41, 5.74) is 1.07. The molecule has 0 aromatic carbocycles. The lowest BCUT2D eigenvalue weighted by atomic mass is 9.96. The standard InChI is InChI=1S/C10H13NO2/c12-10(13)6-8(7-3-4-7)9-2-1-5-11-9/h1-2,5,7-8,11H,3-4,6H2,(H,12,13). The molecule has 1 aliphatic carbocycles. The number of carboxylic acid groups (broad SMARTS) is 1. The van der Waals surface area contributed by atoms with Crippen molar-refractivity contribution in [1.82, 2.24) is 4.98 Å². The molecule has 1 heterocycles. The van der Waals surface area contributed by atoms with Crippen molar-refractivity contribution in [2.75, 3.05) is 0 Å². The summed E-state index contributed by atoms with van der Waals surface area (Å²) in [5, 5.41) is 8.75. The van der Waals surface area contributed by atoms with E-state index in [2.05, 4.69) is 4.98 Å². The third-order valence-electron chi connectivity index (χ3n) is 2.61. The molecule has 1 atom stereocenters. The van der Waals surface area contributed by atoms with Crippen molar-refractivity contribution in [1.29, 1.82) is 0 Å². The van der Waals surface area contributed by atoms with E-state index in [1.54, 1.807) is 0 Å². The van der Waals surface area contributed by atoms with E-state index in [1.165, 1.54) is 12.8 Å². The van der Waals surface area contributed by atoms with Gasteiger partial charge in [-0.3, -0.25) is 4.79 Å². The topological polar surface area (TPSA) is 53.1 Å². The minimum Gasteiger partial charge on any atom is -0.481 e. The van der Waals surface area contributed by atoms with Gasteiger partial charge in [-0.2, -0.15) is 0 Å². The van der Waals surface area contributed by atoms with Crippen LogP contribution in [0.5, 0.6) is 0 Å². The zero-order valence-corrected chi connectivity index (χ0v) is 7.36. The molecule has 0 saturated heterocycles. The molecule has 2 N–H and O–H groups in total. The van der Waals surface area contributed by atoms with E-state index in [0.717, 1.165) is 5.69 Å². The predicted octanol–water partition coefficient (Wildman–Crippen LogP) is 1.98. The van der Waals surface area contributed by atoms with Gasteiger partial charge in [0.25, 0.3) is 0 Å². The van der Waals surface area contributed by atoms with Crippen LogP contribution in [0, 0.1) is 5.92 Å². The molecular weight excluding hydrogens is 166 g/mol. The van der Waals surface area contributed by atoms with Crippen LogP contribution in [0.15, 0.2) is 18.3 Å². The molecule has 1 saturated carbocycles. The van der Waals surface area contributed by atoms with Crippen LogP contribution in [0.25, 0.3) is 0 Å². The first-order valence-electron chi connectivity index (χ1n) is 4.62. The molecule has 1 aromatic heterocycles. The first-order chi connectivity index (χ1) is 6.27. The van der Waals surface area contributed by atoms with Crippen molar-refractivity contribution in [2.45, 2.75) is 25.2 Å². The fraction of sp³-hybridized carbons (Fsp3) is 0.500. The maximum absolute atomic E-state index is 10.6. The quantitative estimate of drug-likeness (QED) is 0.742. The van der Waals surface area contributed by atoms with Crippen molar-refractivity contribution in [3.8, 4) is 0 Å². The largest absolute Gasteiger partial charge is 0.481 e. The lowest BCUT2D eigenvalue weighted by Gasteiger charge is -2.11. The Morgan fingerprint density at radius 3 is 2.92 bits per heavy atom. The fourth-order valence-corrected chi connectivity index (χ4v) is 1.79. The Bertz CT molecular complexity index is 288. The highest BCUT2D eigenvalue weighted by Gasteiger charge is 2.34. The Kier molecular flexibility index (Phi) is 2.08. The summed E-state index contributed by atoms with van der Waals surface area (Å²) in [6.45, 7) is 0. The SMILES string of the molecule is O=C(O)CC(c1ccc[nH]1)C1CC1. The Morgan fingerprint density at radius 1 is 1.69 bits per heavy atom. The van der Waals surface area contributed by atoms with Crippen LogP contribution >= 0.6 is 0 Å². The second-order valence-electron chi connectivity index (χ2n) is 3.67. The average molecular weight is 179 g/mol. The summed E-state index contributed by atoms with van der Waals surface area (Å²) >= 11 is 0. The van der Waals surface area contributed by atoms with E-state index in [1.807, 2.05) is 18.3 Å². The monoisotopic (exact) mass is 179 g/mol. The van der Waals surface area contributed by atoms with Crippen molar-refractivity contribution < 1.29 is 9.90 Å². The summed E-state index contributed by atoms with van der Waals surface area (Å²) in [7, 11) is 0. The lowest BCUT2D eigenvalue weighted by Crippen LogP contribution is -2.08. The van der Waals surface area contributed by atoms with Gasteiger partial charge >= 0.3 is 5.97 Å². The molecule has 3 heteroatoms. The average Bonchev–Trinajstić information content (AvgIpc) is 2.77. The number of carboxylic acids is 1. The number of hydrogen-bond acceptors (Lipinski definition) is 1. The summed E-state index contributed by atoms with van der Waals surface area (Å²) in [5.74, 6) is 0.0914. The van der Waals surface area contributed by atoms with E-state index in [9.17, 15) is 4.79 Å². The highest BCUT2D eigenvalue weighted by Crippen LogP contribution is 2.43. The molecule has 0 radical (unpaired) electrons. The molecule has 13 heavy (non-hydrogen) atoms. The molecule has 1 unspecified atom stereocenters. The second-order valence-corrected chi connectivity index (χ2v) is 3.67. The number of carbonyl (C=O) groups is 1. The van der Waals surface area contributed by atoms with Gasteiger partial charge in [-0.15, -0.1) is 0 Å². The molecule has 1 aliphatic rings. The number of hydrogen-bond donors (Lipinski definition) is 2. The molecule has 2 rings (SSSR count). The van der Waals surface area contributed by atoms with Crippen LogP contribution in [0.1, 0.15) is 30.9 Å². The Hall–Kier alpha value is -1.25. The van der Waals surface area contributed by atoms with E-state index in [-0.39, 0.29) is 12.3 Å². The normalized spacial score (nSPS) is 18.5. The molecule has 0 aliphatic heterocycles. The zero-order valence-electron chi connectivity index (χ0n) is 7.36. The molecule has 1 fully saturated rings. The highest BCUT2D eigenvalue weighted by molar-refractivity contribution is 5.68. The second kappa shape index (κ2) is 3.24. The highest BCUT2D eigenvalue weighted by atomic mass is 16.4. The van der Waals surface area contributed by atoms with Gasteiger partial charge in [0.15, 0.2) is 0 Å². The Labute approximate surface area is 76.8 Å². The Morgan fingerprint density at radius 2 is 2.46 bits per heavy atom. The van der Waals surface area contributed by atoms with Gasteiger partial charge in [0.05, 0.1) is 6.42 Å². The van der Waals surface area contributed by atoms with Gasteiger partial charge in [0.2, 0.25) is 0 Å². The molecule has 3 nitrogen and oxygen atoms in total. The molecule has 1 aromatic rings. The number of aromatic amines is 1. The van der Waals surface area contributed by atoms with Crippen molar-refractivity contribution in [3.05, 3.63) is 24.0 Å². The van der Waals surface area contributed by atoms with E-state index < -0.39 is 5.97 Å². The molecule has 70 valence electrons. The minimum atomic E-state index is -0.702. The molecule has 0 spiro atoms. The first kappa shape index (κ1) is 8.35. The van der Waals surface area contributed by atoms with Gasteiger partial charge in [-0.1, -0.05) is 0 Å². The summed E-state index contributed by atoms with van der Waals surface area (Å²) in [4.78, 5) is 13.7. The van der Waals surface area contributed by atoms with Gasteiger partial charge < -0.3 is 10.1 Å². The van der Waals surface area contributed by atoms with E-state index in [0.29, 0.717) is 5.92 Å². The zero-order chi connectivity index (χ0) is 9.26.